The number of nitrogens with one attached hydrogen (secondary N) is 1. The summed E-state index contributed by atoms with van der Waals surface area (Å²) < 4.78 is 15.2. The largest absolute Gasteiger partial charge is 0.393 e. The van der Waals surface area contributed by atoms with Crippen molar-refractivity contribution in [3.05, 3.63) is 24.0 Å². The van der Waals surface area contributed by atoms with Gasteiger partial charge in [-0.25, -0.2) is 4.39 Å². The SMILES string of the molecule is O=C(Nc1ccc(N2CCC[C@]3(CCN([C@H]4CC[C@H](O)CC4)C3=O)C2)c(F)c1)C1CCCCC1. The fourth-order valence-electron chi connectivity index (χ4n) is 6.73. The molecule has 1 atom stereocenters. The van der Waals surface area contributed by atoms with Crippen molar-refractivity contribution < 1.29 is 19.1 Å². The van der Waals surface area contributed by atoms with E-state index in [9.17, 15) is 14.7 Å². The molecule has 1 aromatic carbocycles. The van der Waals surface area contributed by atoms with E-state index in [-0.39, 0.29) is 35.7 Å². The van der Waals surface area contributed by atoms with Gasteiger partial charge in [0.05, 0.1) is 17.2 Å². The van der Waals surface area contributed by atoms with Crippen LogP contribution in [0.2, 0.25) is 0 Å². The van der Waals surface area contributed by atoms with Crippen molar-refractivity contribution in [3.8, 4) is 0 Å². The number of likely N-dealkylation sites (tertiary alicyclic amines) is 1. The zero-order valence-corrected chi connectivity index (χ0v) is 20.1. The molecule has 1 aromatic rings. The van der Waals surface area contributed by atoms with Crippen molar-refractivity contribution in [3.63, 3.8) is 0 Å². The summed E-state index contributed by atoms with van der Waals surface area (Å²) in [5, 5.41) is 12.7. The Morgan fingerprint density at radius 2 is 1.76 bits per heavy atom. The standard InChI is InChI=1S/C27H38FN3O3/c28-23-17-20(29-25(33)19-5-2-1-3-6-19)7-12-24(23)30-15-4-13-27(18-30)14-16-31(26(27)34)21-8-10-22(32)11-9-21/h7,12,17,19,21-22,32H,1-6,8-11,13-16,18H2,(H,29,33)/t21-,22-,27-/m0/s1. The number of anilines is 2. The molecule has 2 saturated heterocycles. The van der Waals surface area contributed by atoms with Gasteiger partial charge in [0.25, 0.3) is 0 Å². The van der Waals surface area contributed by atoms with Crippen molar-refractivity contribution >= 4 is 23.2 Å². The normalized spacial score (nSPS) is 30.7. The first-order valence-electron chi connectivity index (χ1n) is 13.3. The minimum Gasteiger partial charge on any atom is -0.393 e. The van der Waals surface area contributed by atoms with Crippen molar-refractivity contribution in [2.75, 3.05) is 29.9 Å². The molecule has 4 fully saturated rings. The van der Waals surface area contributed by atoms with Crippen molar-refractivity contribution in [2.45, 2.75) is 89.2 Å². The molecule has 1 spiro atoms. The van der Waals surface area contributed by atoms with Crippen molar-refractivity contribution in [2.24, 2.45) is 11.3 Å². The summed E-state index contributed by atoms with van der Waals surface area (Å²) in [6.07, 6.45) is 10.8. The van der Waals surface area contributed by atoms with Crippen LogP contribution in [-0.2, 0) is 9.59 Å². The van der Waals surface area contributed by atoms with Gasteiger partial charge in [0.2, 0.25) is 11.8 Å². The summed E-state index contributed by atoms with van der Waals surface area (Å²) >= 11 is 0. The average molecular weight is 472 g/mol. The number of aliphatic hydroxyl groups is 1. The second-order valence-electron chi connectivity index (χ2n) is 11.0. The summed E-state index contributed by atoms with van der Waals surface area (Å²) in [4.78, 5) is 30.2. The number of rotatable bonds is 4. The molecule has 186 valence electrons. The molecule has 0 aromatic heterocycles. The Labute approximate surface area is 201 Å². The highest BCUT2D eigenvalue weighted by molar-refractivity contribution is 5.92. The van der Waals surface area contributed by atoms with Gasteiger partial charge in [-0.2, -0.15) is 0 Å². The average Bonchev–Trinajstić information content (AvgIpc) is 3.15. The molecular weight excluding hydrogens is 433 g/mol. The van der Waals surface area contributed by atoms with Crippen molar-refractivity contribution in [1.82, 2.24) is 4.90 Å². The molecule has 6 nitrogen and oxygen atoms in total. The fourth-order valence-corrected chi connectivity index (χ4v) is 6.73. The summed E-state index contributed by atoms with van der Waals surface area (Å²) in [6, 6.07) is 5.20. The Hall–Kier alpha value is -2.15. The Balaban J connectivity index is 1.24. The molecule has 4 aliphatic rings. The molecule has 2 amide bonds. The first kappa shape index (κ1) is 23.6. The second kappa shape index (κ2) is 9.84. The van der Waals surface area contributed by atoms with Gasteiger partial charge in [-0.15, -0.1) is 0 Å². The van der Waals surface area contributed by atoms with Gasteiger partial charge in [0.15, 0.2) is 0 Å². The zero-order chi connectivity index (χ0) is 23.7. The zero-order valence-electron chi connectivity index (χ0n) is 20.1. The highest BCUT2D eigenvalue weighted by atomic mass is 19.1. The Bertz CT molecular complexity index is 910. The number of amides is 2. The van der Waals surface area contributed by atoms with Gasteiger partial charge in [-0.05, 0) is 76.0 Å². The number of carbonyl (C=O) groups is 2. The molecule has 0 unspecified atom stereocenters. The van der Waals surface area contributed by atoms with E-state index in [2.05, 4.69) is 10.2 Å². The van der Waals surface area contributed by atoms with Gasteiger partial charge < -0.3 is 20.2 Å². The van der Waals surface area contributed by atoms with Crippen LogP contribution in [-0.4, -0.2) is 53.6 Å². The van der Waals surface area contributed by atoms with Gasteiger partial charge >= 0.3 is 0 Å². The third-order valence-electron chi connectivity index (χ3n) is 8.76. The van der Waals surface area contributed by atoms with Crippen LogP contribution in [0.5, 0.6) is 0 Å². The monoisotopic (exact) mass is 471 g/mol. The van der Waals surface area contributed by atoms with E-state index >= 15 is 4.39 Å². The highest BCUT2D eigenvalue weighted by Crippen LogP contribution is 2.44. The highest BCUT2D eigenvalue weighted by Gasteiger charge is 2.50. The molecule has 2 heterocycles. The number of hydrogen-bond donors (Lipinski definition) is 2. The van der Waals surface area contributed by atoms with Crippen molar-refractivity contribution in [1.29, 1.82) is 0 Å². The van der Waals surface area contributed by atoms with E-state index in [1.165, 1.54) is 12.5 Å². The Kier molecular flexibility index (Phi) is 6.83. The van der Waals surface area contributed by atoms with Gasteiger partial charge in [0.1, 0.15) is 5.82 Å². The fraction of sp³-hybridized carbons (Fsp3) is 0.704. The third kappa shape index (κ3) is 4.68. The third-order valence-corrected chi connectivity index (χ3v) is 8.76. The lowest BCUT2D eigenvalue weighted by molar-refractivity contribution is -0.139. The predicted octanol–water partition coefficient (Wildman–Crippen LogP) is 4.47. The minimum absolute atomic E-state index is 0.00403. The second-order valence-corrected chi connectivity index (χ2v) is 11.0. The van der Waals surface area contributed by atoms with E-state index in [4.69, 9.17) is 0 Å². The summed E-state index contributed by atoms with van der Waals surface area (Å²) in [6.45, 7) is 2.04. The predicted molar refractivity (Wildman–Crippen MR) is 130 cm³/mol. The van der Waals surface area contributed by atoms with Crippen LogP contribution in [0.25, 0.3) is 0 Å². The van der Waals surface area contributed by atoms with Crippen LogP contribution in [0, 0.1) is 17.2 Å². The first-order valence-corrected chi connectivity index (χ1v) is 13.3. The quantitative estimate of drug-likeness (QED) is 0.680. The van der Waals surface area contributed by atoms with Crippen LogP contribution >= 0.6 is 0 Å². The first-order chi connectivity index (χ1) is 16.4. The molecule has 2 aliphatic carbocycles. The molecule has 34 heavy (non-hydrogen) atoms. The number of halogens is 1. The summed E-state index contributed by atoms with van der Waals surface area (Å²) in [7, 11) is 0. The number of carbonyl (C=O) groups excluding carboxylic acids is 2. The molecule has 2 N–H and O–H groups in total. The van der Waals surface area contributed by atoms with Crippen LogP contribution in [0.15, 0.2) is 18.2 Å². The lowest BCUT2D eigenvalue weighted by atomic mass is 9.78. The maximum Gasteiger partial charge on any atom is 0.230 e. The molecule has 2 aliphatic heterocycles. The van der Waals surface area contributed by atoms with Gasteiger partial charge in [-0.3, -0.25) is 9.59 Å². The van der Waals surface area contributed by atoms with E-state index in [0.717, 1.165) is 83.7 Å². The number of aliphatic hydroxyl groups excluding tert-OH is 1. The molecule has 0 radical (unpaired) electrons. The lowest BCUT2D eigenvalue weighted by Gasteiger charge is -2.41. The van der Waals surface area contributed by atoms with E-state index in [1.54, 1.807) is 12.1 Å². The Morgan fingerprint density at radius 1 is 1.00 bits per heavy atom. The topological polar surface area (TPSA) is 72.9 Å². The van der Waals surface area contributed by atoms with Gasteiger partial charge in [-0.1, -0.05) is 19.3 Å². The van der Waals surface area contributed by atoms with Crippen LogP contribution in [0.4, 0.5) is 15.8 Å². The molecule has 7 heteroatoms. The van der Waals surface area contributed by atoms with E-state index in [1.807, 2.05) is 4.90 Å². The minimum atomic E-state index is -0.436. The van der Waals surface area contributed by atoms with Gasteiger partial charge in [0, 0.05) is 37.3 Å². The lowest BCUT2D eigenvalue weighted by Crippen LogP contribution is -2.50. The maximum absolute atomic E-state index is 15.2. The maximum atomic E-state index is 15.2. The molecule has 0 bridgehead atoms. The number of hydrogen-bond acceptors (Lipinski definition) is 4. The van der Waals surface area contributed by atoms with Crippen LogP contribution in [0.1, 0.15) is 77.0 Å². The number of piperidine rings is 1. The molecule has 5 rings (SSSR count). The number of nitrogens with zero attached hydrogens (tertiary/aromatic N) is 2. The summed E-state index contributed by atoms with van der Waals surface area (Å²) in [5.74, 6) is -0.102. The molecule has 2 saturated carbocycles. The van der Waals surface area contributed by atoms with Crippen LogP contribution < -0.4 is 10.2 Å². The van der Waals surface area contributed by atoms with E-state index < -0.39 is 5.41 Å². The van der Waals surface area contributed by atoms with Crippen LogP contribution in [0.3, 0.4) is 0 Å². The smallest absolute Gasteiger partial charge is 0.230 e. The summed E-state index contributed by atoms with van der Waals surface area (Å²) in [5.41, 5.74) is 0.585. The molecular formula is C27H38FN3O3. The van der Waals surface area contributed by atoms with E-state index in [0.29, 0.717) is 17.9 Å². The Morgan fingerprint density at radius 3 is 2.50 bits per heavy atom. The number of benzene rings is 1.